The van der Waals surface area contributed by atoms with Crippen LogP contribution in [0.4, 0.5) is 18.9 Å². The van der Waals surface area contributed by atoms with Gasteiger partial charge in [0.2, 0.25) is 0 Å². The third-order valence-electron chi connectivity index (χ3n) is 3.08. The number of hydrogen-bond donors (Lipinski definition) is 1. The summed E-state index contributed by atoms with van der Waals surface area (Å²) in [7, 11) is 0. The molecule has 0 spiro atoms. The van der Waals surface area contributed by atoms with Crippen LogP contribution in [0.5, 0.6) is 0 Å². The lowest BCUT2D eigenvalue weighted by molar-refractivity contribution is -0.148. The number of anilines is 1. The molecular formula is C17H14F3NO3S. The third kappa shape index (κ3) is 5.46. The molecule has 0 bridgehead atoms. The minimum Gasteiger partial charge on any atom is -0.449 e. The van der Waals surface area contributed by atoms with Gasteiger partial charge in [-0.25, -0.2) is 4.79 Å². The van der Waals surface area contributed by atoms with Gasteiger partial charge >= 0.3 is 12.1 Å². The topological polar surface area (TPSA) is 55.4 Å². The van der Waals surface area contributed by atoms with Crippen molar-refractivity contribution in [1.82, 2.24) is 0 Å². The summed E-state index contributed by atoms with van der Waals surface area (Å²) >= 11 is 1.42. The molecule has 8 heteroatoms. The number of alkyl halides is 3. The summed E-state index contributed by atoms with van der Waals surface area (Å²) in [5.41, 5.74) is -1.36. The number of halogens is 3. The van der Waals surface area contributed by atoms with Crippen LogP contribution in [0.25, 0.3) is 6.08 Å². The number of hydrogen-bond acceptors (Lipinski definition) is 4. The first-order valence-corrected chi connectivity index (χ1v) is 8.04. The highest BCUT2D eigenvalue weighted by Crippen LogP contribution is 2.34. The van der Waals surface area contributed by atoms with Crippen molar-refractivity contribution >= 4 is 35.0 Å². The van der Waals surface area contributed by atoms with Crippen LogP contribution in [0.1, 0.15) is 17.4 Å². The van der Waals surface area contributed by atoms with Crippen molar-refractivity contribution in [2.75, 3.05) is 5.32 Å². The Morgan fingerprint density at radius 2 is 1.92 bits per heavy atom. The van der Waals surface area contributed by atoms with Gasteiger partial charge in [0.15, 0.2) is 6.10 Å². The second-order valence-electron chi connectivity index (χ2n) is 4.96. The summed E-state index contributed by atoms with van der Waals surface area (Å²) in [6, 6.07) is 8.17. The van der Waals surface area contributed by atoms with Crippen molar-refractivity contribution in [2.45, 2.75) is 19.2 Å². The zero-order valence-electron chi connectivity index (χ0n) is 13.0. The molecule has 1 amide bonds. The van der Waals surface area contributed by atoms with Gasteiger partial charge in [0.1, 0.15) is 0 Å². The van der Waals surface area contributed by atoms with Gasteiger partial charge in [-0.05, 0) is 36.6 Å². The maximum absolute atomic E-state index is 12.9. The first kappa shape index (κ1) is 18.7. The van der Waals surface area contributed by atoms with E-state index < -0.39 is 35.4 Å². The summed E-state index contributed by atoms with van der Waals surface area (Å²) < 4.78 is 43.6. The number of benzene rings is 1. The summed E-state index contributed by atoms with van der Waals surface area (Å²) in [4.78, 5) is 24.5. The molecule has 1 aromatic carbocycles. The lowest BCUT2D eigenvalue weighted by Gasteiger charge is -2.16. The Labute approximate surface area is 145 Å². The number of nitrogens with one attached hydrogen (secondary N) is 1. The monoisotopic (exact) mass is 369 g/mol. The maximum atomic E-state index is 12.9. The number of carbonyl (C=O) groups is 2. The summed E-state index contributed by atoms with van der Waals surface area (Å²) in [6.45, 7) is 1.28. The largest absolute Gasteiger partial charge is 0.449 e. The van der Waals surface area contributed by atoms with Crippen LogP contribution < -0.4 is 5.32 Å². The van der Waals surface area contributed by atoms with Crippen LogP contribution in [0.15, 0.2) is 47.9 Å². The van der Waals surface area contributed by atoms with Gasteiger partial charge in [0.25, 0.3) is 5.91 Å². The lowest BCUT2D eigenvalue weighted by atomic mass is 10.1. The molecule has 0 unspecified atom stereocenters. The van der Waals surface area contributed by atoms with E-state index in [9.17, 15) is 22.8 Å². The van der Waals surface area contributed by atoms with Gasteiger partial charge in [-0.3, -0.25) is 4.79 Å². The Kier molecular flexibility index (Phi) is 5.97. The van der Waals surface area contributed by atoms with E-state index in [1.165, 1.54) is 36.5 Å². The standard InChI is InChI=1S/C17H14F3NO3S/c1-11(24-15(22)9-8-12-5-4-10-25-12)16(23)21-14-7-3-2-6-13(14)17(18,19)20/h2-11H,1H3,(H,21,23)/b9-8+/t11-/m0/s1. The van der Waals surface area contributed by atoms with Crippen LogP contribution in [0, 0.1) is 0 Å². The Morgan fingerprint density at radius 1 is 1.20 bits per heavy atom. The number of rotatable bonds is 5. The van der Waals surface area contributed by atoms with Gasteiger partial charge in [0.05, 0.1) is 11.3 Å². The molecule has 2 aromatic rings. The molecule has 0 radical (unpaired) electrons. The van der Waals surface area contributed by atoms with E-state index in [0.717, 1.165) is 23.1 Å². The van der Waals surface area contributed by atoms with Crippen molar-refractivity contribution in [1.29, 1.82) is 0 Å². The SMILES string of the molecule is C[C@H](OC(=O)/C=C/c1cccs1)C(=O)Nc1ccccc1C(F)(F)F. The molecule has 2 rings (SSSR count). The molecule has 0 aliphatic heterocycles. The minimum absolute atomic E-state index is 0.392. The Balaban J connectivity index is 1.98. The summed E-state index contributed by atoms with van der Waals surface area (Å²) in [5.74, 6) is -1.62. The van der Waals surface area contributed by atoms with Crippen LogP contribution in [0.3, 0.4) is 0 Å². The van der Waals surface area contributed by atoms with E-state index in [2.05, 4.69) is 5.32 Å². The molecule has 0 saturated carbocycles. The second-order valence-corrected chi connectivity index (χ2v) is 5.94. The quantitative estimate of drug-likeness (QED) is 0.630. The van der Waals surface area contributed by atoms with Crippen molar-refractivity contribution in [3.8, 4) is 0 Å². The second kappa shape index (κ2) is 7.98. The fourth-order valence-electron chi connectivity index (χ4n) is 1.88. The number of ether oxygens (including phenoxy) is 1. The normalized spacial score (nSPS) is 12.8. The zero-order valence-corrected chi connectivity index (χ0v) is 13.9. The van der Waals surface area contributed by atoms with E-state index in [-0.39, 0.29) is 0 Å². The van der Waals surface area contributed by atoms with Crippen molar-refractivity contribution in [2.24, 2.45) is 0 Å². The average Bonchev–Trinajstić information content (AvgIpc) is 3.05. The molecule has 1 N–H and O–H groups in total. The molecule has 25 heavy (non-hydrogen) atoms. The van der Waals surface area contributed by atoms with E-state index >= 15 is 0 Å². The molecule has 4 nitrogen and oxygen atoms in total. The average molecular weight is 369 g/mol. The summed E-state index contributed by atoms with van der Waals surface area (Å²) in [6.07, 6.45) is -3.18. The molecule has 1 aromatic heterocycles. The third-order valence-corrected chi connectivity index (χ3v) is 3.92. The Hall–Kier alpha value is -2.61. The van der Waals surface area contributed by atoms with Gasteiger partial charge in [-0.1, -0.05) is 18.2 Å². The Morgan fingerprint density at radius 3 is 2.56 bits per heavy atom. The predicted octanol–water partition coefficient (Wildman–Crippen LogP) is 4.35. The highest BCUT2D eigenvalue weighted by atomic mass is 32.1. The van der Waals surface area contributed by atoms with Gasteiger partial charge < -0.3 is 10.1 Å². The van der Waals surface area contributed by atoms with E-state index in [4.69, 9.17) is 4.74 Å². The number of carbonyl (C=O) groups excluding carboxylic acids is 2. The fraction of sp³-hybridized carbons (Fsp3) is 0.176. The predicted molar refractivity (Wildman–Crippen MR) is 89.0 cm³/mol. The minimum atomic E-state index is -4.60. The van der Waals surface area contributed by atoms with Crippen molar-refractivity contribution in [3.63, 3.8) is 0 Å². The number of para-hydroxylation sites is 1. The Bertz CT molecular complexity index is 770. The van der Waals surface area contributed by atoms with Gasteiger partial charge in [0, 0.05) is 11.0 Å². The zero-order chi connectivity index (χ0) is 18.4. The van der Waals surface area contributed by atoms with Crippen LogP contribution in [-0.4, -0.2) is 18.0 Å². The van der Waals surface area contributed by atoms with Crippen molar-refractivity contribution in [3.05, 3.63) is 58.3 Å². The van der Waals surface area contributed by atoms with Gasteiger partial charge in [-0.15, -0.1) is 11.3 Å². The first-order chi connectivity index (χ1) is 11.8. The van der Waals surface area contributed by atoms with Crippen LogP contribution in [-0.2, 0) is 20.5 Å². The van der Waals surface area contributed by atoms with E-state index in [0.29, 0.717) is 0 Å². The van der Waals surface area contributed by atoms with E-state index in [1.807, 2.05) is 11.4 Å². The van der Waals surface area contributed by atoms with Crippen LogP contribution in [0.2, 0.25) is 0 Å². The molecule has 132 valence electrons. The smallest absolute Gasteiger partial charge is 0.418 e. The molecule has 0 aliphatic rings. The lowest BCUT2D eigenvalue weighted by Crippen LogP contribution is -2.30. The van der Waals surface area contributed by atoms with E-state index in [1.54, 1.807) is 6.07 Å². The molecule has 0 fully saturated rings. The number of amides is 1. The first-order valence-electron chi connectivity index (χ1n) is 7.16. The summed E-state index contributed by atoms with van der Waals surface area (Å²) in [5, 5.41) is 3.97. The maximum Gasteiger partial charge on any atom is 0.418 e. The highest BCUT2D eigenvalue weighted by Gasteiger charge is 2.34. The number of esters is 1. The molecule has 1 heterocycles. The molecule has 0 saturated heterocycles. The molecule has 0 aliphatic carbocycles. The van der Waals surface area contributed by atoms with Crippen molar-refractivity contribution < 1.29 is 27.5 Å². The molecule has 1 atom stereocenters. The van der Waals surface area contributed by atoms with Gasteiger partial charge in [-0.2, -0.15) is 13.2 Å². The fourth-order valence-corrected chi connectivity index (χ4v) is 2.49. The highest BCUT2D eigenvalue weighted by molar-refractivity contribution is 7.10. The van der Waals surface area contributed by atoms with Crippen LogP contribution >= 0.6 is 11.3 Å². The molecular weight excluding hydrogens is 355 g/mol. The number of thiophene rings is 1.